The summed E-state index contributed by atoms with van der Waals surface area (Å²) in [4.78, 5) is 0. The van der Waals surface area contributed by atoms with Gasteiger partial charge in [0.1, 0.15) is 0 Å². The van der Waals surface area contributed by atoms with Crippen molar-refractivity contribution in [1.29, 1.82) is 0 Å². The molecular formula is C11H19NOS. The Morgan fingerprint density at radius 2 is 1.64 bits per heavy atom. The first-order valence-electron chi connectivity index (χ1n) is 5.84. The molecule has 4 saturated carbocycles. The zero-order valence-corrected chi connectivity index (χ0v) is 9.39. The van der Waals surface area contributed by atoms with Crippen LogP contribution in [-0.2, 0) is 11.0 Å². The van der Waals surface area contributed by atoms with Gasteiger partial charge in [-0.25, -0.2) is 4.21 Å². The summed E-state index contributed by atoms with van der Waals surface area (Å²) in [6.07, 6.45) is 8.93. The van der Waals surface area contributed by atoms with Gasteiger partial charge in [0.25, 0.3) is 0 Å². The quantitative estimate of drug-likeness (QED) is 0.711. The average molecular weight is 213 g/mol. The molecule has 2 unspecified atom stereocenters. The zero-order chi connectivity index (χ0) is 9.76. The Morgan fingerprint density at radius 3 is 2.21 bits per heavy atom. The molecule has 14 heavy (non-hydrogen) atoms. The fourth-order valence-corrected chi connectivity index (χ4v) is 5.46. The van der Waals surface area contributed by atoms with Gasteiger partial charge in [-0.05, 0) is 62.7 Å². The van der Waals surface area contributed by atoms with Crippen LogP contribution in [0.5, 0.6) is 0 Å². The van der Waals surface area contributed by atoms with Gasteiger partial charge in [0.2, 0.25) is 0 Å². The van der Waals surface area contributed by atoms with Gasteiger partial charge >= 0.3 is 0 Å². The van der Waals surface area contributed by atoms with Gasteiger partial charge in [0, 0.05) is 0 Å². The Labute approximate surface area is 88.2 Å². The fourth-order valence-electron chi connectivity index (χ4n) is 4.34. The van der Waals surface area contributed by atoms with E-state index in [1.165, 1.54) is 25.7 Å². The lowest BCUT2D eigenvalue weighted by Gasteiger charge is -2.43. The Hall–Kier alpha value is 0.110. The van der Waals surface area contributed by atoms with Crippen molar-refractivity contribution < 1.29 is 4.21 Å². The molecule has 0 aromatic heterocycles. The highest BCUT2D eigenvalue weighted by atomic mass is 32.2. The predicted molar refractivity (Wildman–Crippen MR) is 57.8 cm³/mol. The second-order valence-electron chi connectivity index (χ2n) is 5.73. The summed E-state index contributed by atoms with van der Waals surface area (Å²) in [5.41, 5.74) is 0. The van der Waals surface area contributed by atoms with Gasteiger partial charge in [-0.3, -0.25) is 5.14 Å². The van der Waals surface area contributed by atoms with Gasteiger partial charge in [-0.2, -0.15) is 0 Å². The van der Waals surface area contributed by atoms with Crippen LogP contribution in [0.1, 0.15) is 44.9 Å². The summed E-state index contributed by atoms with van der Waals surface area (Å²) in [7, 11) is -1.09. The fraction of sp³-hybridized carbons (Fsp3) is 1.00. The highest BCUT2D eigenvalue weighted by Crippen LogP contribution is 2.54. The van der Waals surface area contributed by atoms with Crippen LogP contribution in [0.3, 0.4) is 0 Å². The third-order valence-corrected chi connectivity index (χ3v) is 6.15. The first-order valence-corrected chi connectivity index (χ1v) is 7.05. The Morgan fingerprint density at radius 1 is 1.07 bits per heavy atom. The van der Waals surface area contributed by atoms with E-state index in [9.17, 15) is 4.21 Å². The van der Waals surface area contributed by atoms with Crippen LogP contribution < -0.4 is 5.14 Å². The molecule has 0 heterocycles. The van der Waals surface area contributed by atoms with Crippen molar-refractivity contribution in [1.82, 2.24) is 0 Å². The molecule has 0 amide bonds. The van der Waals surface area contributed by atoms with Crippen molar-refractivity contribution in [2.24, 2.45) is 22.9 Å². The van der Waals surface area contributed by atoms with Gasteiger partial charge < -0.3 is 0 Å². The molecule has 0 spiro atoms. The standard InChI is InChI=1S/C11H19NOS/c12-14(13)11-2-1-8-3-9(6-11)5-10(4-8)7-11/h8-10H,1-7,12H2/t8?,9?,10?,11?,14-/m1/s1. The van der Waals surface area contributed by atoms with E-state index in [1.54, 1.807) is 0 Å². The summed E-state index contributed by atoms with van der Waals surface area (Å²) in [6, 6.07) is 0. The van der Waals surface area contributed by atoms with Crippen LogP contribution in [0.25, 0.3) is 0 Å². The molecule has 2 N–H and O–H groups in total. The Kier molecular flexibility index (Phi) is 2.04. The molecule has 4 rings (SSSR count). The highest BCUT2D eigenvalue weighted by molar-refractivity contribution is 7.84. The van der Waals surface area contributed by atoms with E-state index in [2.05, 4.69) is 0 Å². The molecule has 0 aliphatic heterocycles. The summed E-state index contributed by atoms with van der Waals surface area (Å²) in [5.74, 6) is 2.64. The maximum atomic E-state index is 11.7. The van der Waals surface area contributed by atoms with E-state index in [0.717, 1.165) is 37.0 Å². The summed E-state index contributed by atoms with van der Waals surface area (Å²) in [5, 5.41) is 5.73. The van der Waals surface area contributed by atoms with Crippen LogP contribution in [0.4, 0.5) is 0 Å². The Bertz CT molecular complexity index is 264. The second kappa shape index (κ2) is 3.05. The van der Waals surface area contributed by atoms with Crippen LogP contribution in [0.15, 0.2) is 0 Å². The lowest BCUT2D eigenvalue weighted by atomic mass is 9.67. The minimum absolute atomic E-state index is 0.0266. The molecule has 4 bridgehead atoms. The van der Waals surface area contributed by atoms with Crippen molar-refractivity contribution in [2.45, 2.75) is 49.7 Å². The third-order valence-electron chi connectivity index (χ3n) is 4.76. The summed E-state index contributed by atoms with van der Waals surface area (Å²) >= 11 is 0. The van der Waals surface area contributed by atoms with E-state index in [-0.39, 0.29) is 4.75 Å². The summed E-state index contributed by atoms with van der Waals surface area (Å²) in [6.45, 7) is 0. The van der Waals surface area contributed by atoms with E-state index >= 15 is 0 Å². The van der Waals surface area contributed by atoms with Crippen LogP contribution in [0, 0.1) is 17.8 Å². The first-order chi connectivity index (χ1) is 6.68. The minimum atomic E-state index is -1.09. The molecule has 3 heteroatoms. The predicted octanol–water partition coefficient (Wildman–Crippen LogP) is 1.97. The molecule has 80 valence electrons. The number of hydrogen-bond donors (Lipinski definition) is 1. The lowest BCUT2D eigenvalue weighted by molar-refractivity contribution is 0.144. The topological polar surface area (TPSA) is 43.1 Å². The molecule has 0 aromatic carbocycles. The van der Waals surface area contributed by atoms with Gasteiger partial charge in [0.15, 0.2) is 0 Å². The number of fused-ring (bicyclic) bond motifs is 1. The third kappa shape index (κ3) is 1.28. The normalized spacial score (nSPS) is 53.1. The molecule has 4 aliphatic carbocycles. The molecule has 4 aliphatic rings. The van der Waals surface area contributed by atoms with E-state index in [0.29, 0.717) is 0 Å². The van der Waals surface area contributed by atoms with E-state index in [4.69, 9.17) is 5.14 Å². The summed E-state index contributed by atoms with van der Waals surface area (Å²) < 4.78 is 11.8. The lowest BCUT2D eigenvalue weighted by Crippen LogP contribution is -2.45. The van der Waals surface area contributed by atoms with Crippen LogP contribution in [-0.4, -0.2) is 8.96 Å². The van der Waals surface area contributed by atoms with Crippen LogP contribution >= 0.6 is 0 Å². The maximum absolute atomic E-state index is 11.7. The monoisotopic (exact) mass is 213 g/mol. The number of nitrogens with two attached hydrogens (primary N) is 1. The van der Waals surface area contributed by atoms with E-state index in [1.807, 2.05) is 0 Å². The molecule has 4 fully saturated rings. The van der Waals surface area contributed by atoms with Crippen molar-refractivity contribution in [2.75, 3.05) is 0 Å². The number of rotatable bonds is 1. The van der Waals surface area contributed by atoms with Gasteiger partial charge in [-0.15, -0.1) is 0 Å². The molecule has 0 radical (unpaired) electrons. The molecule has 3 atom stereocenters. The Balaban J connectivity index is 1.97. The zero-order valence-electron chi connectivity index (χ0n) is 8.58. The van der Waals surface area contributed by atoms with Crippen molar-refractivity contribution in [3.05, 3.63) is 0 Å². The van der Waals surface area contributed by atoms with Crippen molar-refractivity contribution >= 4 is 11.0 Å². The molecular weight excluding hydrogens is 194 g/mol. The smallest absolute Gasteiger partial charge is 0.0951 e. The molecule has 0 saturated heterocycles. The largest absolute Gasteiger partial charge is 0.251 e. The maximum Gasteiger partial charge on any atom is 0.0951 e. The second-order valence-corrected chi connectivity index (χ2v) is 7.19. The van der Waals surface area contributed by atoms with Crippen molar-refractivity contribution in [3.8, 4) is 0 Å². The minimum Gasteiger partial charge on any atom is -0.251 e. The first kappa shape index (κ1) is 9.34. The average Bonchev–Trinajstić information content (AvgIpc) is 2.31. The van der Waals surface area contributed by atoms with Crippen molar-refractivity contribution in [3.63, 3.8) is 0 Å². The molecule has 2 nitrogen and oxygen atoms in total. The van der Waals surface area contributed by atoms with E-state index < -0.39 is 11.0 Å². The van der Waals surface area contributed by atoms with Crippen LogP contribution in [0.2, 0.25) is 0 Å². The SMILES string of the molecule is N[S@](=O)C12CCC3CC(CC(C3)C1)C2. The number of hydrogen-bond acceptors (Lipinski definition) is 1. The van der Waals surface area contributed by atoms with Gasteiger partial charge in [0.05, 0.1) is 15.7 Å². The molecule has 0 aromatic rings. The highest BCUT2D eigenvalue weighted by Gasteiger charge is 2.50. The van der Waals surface area contributed by atoms with Gasteiger partial charge in [-0.1, -0.05) is 0 Å².